The highest BCUT2D eigenvalue weighted by molar-refractivity contribution is 5.08. The van der Waals surface area contributed by atoms with Crippen molar-refractivity contribution < 1.29 is 4.74 Å². The van der Waals surface area contributed by atoms with Crippen LogP contribution in [0.4, 0.5) is 0 Å². The molecular formula is C10H17NO. The first kappa shape index (κ1) is 8.11. The van der Waals surface area contributed by atoms with E-state index in [2.05, 4.69) is 6.08 Å². The molecule has 0 aromatic rings. The van der Waals surface area contributed by atoms with Crippen molar-refractivity contribution in [2.75, 3.05) is 6.61 Å². The Labute approximate surface area is 73.8 Å². The maximum Gasteiger partial charge on any atom is 0.109 e. The average molecular weight is 167 g/mol. The number of hydrogen-bond acceptors (Lipinski definition) is 2. The van der Waals surface area contributed by atoms with Crippen molar-refractivity contribution in [2.45, 2.75) is 38.1 Å². The van der Waals surface area contributed by atoms with Gasteiger partial charge in [0, 0.05) is 6.42 Å². The zero-order valence-electron chi connectivity index (χ0n) is 7.46. The Kier molecular flexibility index (Phi) is 2.35. The van der Waals surface area contributed by atoms with Gasteiger partial charge in [-0.15, -0.1) is 0 Å². The van der Waals surface area contributed by atoms with E-state index in [1.54, 1.807) is 0 Å². The van der Waals surface area contributed by atoms with Crippen LogP contribution in [0.5, 0.6) is 0 Å². The molecule has 2 nitrogen and oxygen atoms in total. The SMILES string of the molecule is NC(C1=CCCO1)C1CCCC1. The van der Waals surface area contributed by atoms with Gasteiger partial charge in [0.1, 0.15) is 5.76 Å². The van der Waals surface area contributed by atoms with Crippen LogP contribution in [-0.2, 0) is 4.74 Å². The lowest BCUT2D eigenvalue weighted by Crippen LogP contribution is -2.30. The quantitative estimate of drug-likeness (QED) is 0.680. The molecule has 12 heavy (non-hydrogen) atoms. The summed E-state index contributed by atoms with van der Waals surface area (Å²) in [7, 11) is 0. The molecule has 0 spiro atoms. The van der Waals surface area contributed by atoms with Gasteiger partial charge in [0.05, 0.1) is 12.6 Å². The lowest BCUT2D eigenvalue weighted by molar-refractivity contribution is 0.207. The van der Waals surface area contributed by atoms with E-state index in [4.69, 9.17) is 10.5 Å². The molecule has 1 heterocycles. The summed E-state index contributed by atoms with van der Waals surface area (Å²) in [5.41, 5.74) is 6.09. The van der Waals surface area contributed by atoms with Crippen molar-refractivity contribution in [3.05, 3.63) is 11.8 Å². The van der Waals surface area contributed by atoms with Crippen LogP contribution in [-0.4, -0.2) is 12.6 Å². The Bertz CT molecular complexity index is 182. The van der Waals surface area contributed by atoms with E-state index < -0.39 is 0 Å². The molecule has 1 atom stereocenters. The first-order valence-corrected chi connectivity index (χ1v) is 4.96. The number of nitrogens with two attached hydrogens (primary N) is 1. The minimum absolute atomic E-state index is 0.190. The molecule has 1 unspecified atom stereocenters. The van der Waals surface area contributed by atoms with Gasteiger partial charge in [-0.3, -0.25) is 0 Å². The molecule has 1 fully saturated rings. The molecular weight excluding hydrogens is 150 g/mol. The Balaban J connectivity index is 1.93. The van der Waals surface area contributed by atoms with E-state index in [1.165, 1.54) is 25.7 Å². The molecule has 1 aliphatic heterocycles. The van der Waals surface area contributed by atoms with Crippen LogP contribution in [0.3, 0.4) is 0 Å². The van der Waals surface area contributed by atoms with Crippen LogP contribution in [0.1, 0.15) is 32.1 Å². The highest BCUT2D eigenvalue weighted by Crippen LogP contribution is 2.30. The fraction of sp³-hybridized carbons (Fsp3) is 0.800. The molecule has 0 amide bonds. The predicted octanol–water partition coefficient (Wildman–Crippen LogP) is 1.81. The van der Waals surface area contributed by atoms with Gasteiger partial charge in [-0.2, -0.15) is 0 Å². The Morgan fingerprint density at radius 1 is 1.42 bits per heavy atom. The summed E-state index contributed by atoms with van der Waals surface area (Å²) in [5.74, 6) is 1.75. The third kappa shape index (κ3) is 1.48. The van der Waals surface area contributed by atoms with Crippen LogP contribution in [0.25, 0.3) is 0 Å². The molecule has 2 heteroatoms. The molecule has 0 aromatic carbocycles. The summed E-state index contributed by atoms with van der Waals surface area (Å²) >= 11 is 0. The molecule has 2 rings (SSSR count). The fourth-order valence-corrected chi connectivity index (χ4v) is 2.22. The highest BCUT2D eigenvalue weighted by atomic mass is 16.5. The first-order chi connectivity index (χ1) is 5.88. The van der Waals surface area contributed by atoms with Crippen molar-refractivity contribution in [1.82, 2.24) is 0 Å². The fourth-order valence-electron chi connectivity index (χ4n) is 2.22. The van der Waals surface area contributed by atoms with Gasteiger partial charge < -0.3 is 10.5 Å². The maximum absolute atomic E-state index is 6.09. The van der Waals surface area contributed by atoms with Crippen molar-refractivity contribution in [1.29, 1.82) is 0 Å². The Morgan fingerprint density at radius 2 is 2.17 bits per heavy atom. The standard InChI is InChI=1S/C10H17NO/c11-10(8-4-1-2-5-8)9-6-3-7-12-9/h6,8,10H,1-5,7,11H2. The minimum Gasteiger partial charge on any atom is -0.496 e. The Hall–Kier alpha value is -0.500. The smallest absolute Gasteiger partial charge is 0.109 e. The van der Waals surface area contributed by atoms with Crippen LogP contribution in [0.2, 0.25) is 0 Å². The van der Waals surface area contributed by atoms with Crippen LogP contribution in [0, 0.1) is 5.92 Å². The molecule has 1 saturated carbocycles. The largest absolute Gasteiger partial charge is 0.496 e. The maximum atomic E-state index is 6.09. The number of hydrogen-bond donors (Lipinski definition) is 1. The summed E-state index contributed by atoms with van der Waals surface area (Å²) in [5, 5.41) is 0. The minimum atomic E-state index is 0.190. The summed E-state index contributed by atoms with van der Waals surface area (Å²) in [6, 6.07) is 0.190. The van der Waals surface area contributed by atoms with Crippen LogP contribution in [0.15, 0.2) is 11.8 Å². The van der Waals surface area contributed by atoms with E-state index >= 15 is 0 Å². The van der Waals surface area contributed by atoms with Gasteiger partial charge in [0.2, 0.25) is 0 Å². The first-order valence-electron chi connectivity index (χ1n) is 4.96. The number of ether oxygens (including phenoxy) is 1. The molecule has 0 bridgehead atoms. The van der Waals surface area contributed by atoms with E-state index in [0.29, 0.717) is 5.92 Å². The van der Waals surface area contributed by atoms with E-state index in [9.17, 15) is 0 Å². The normalized spacial score (nSPS) is 26.9. The van der Waals surface area contributed by atoms with E-state index in [1.807, 2.05) is 0 Å². The van der Waals surface area contributed by atoms with Gasteiger partial charge in [0.25, 0.3) is 0 Å². The Morgan fingerprint density at radius 3 is 2.75 bits per heavy atom. The van der Waals surface area contributed by atoms with Gasteiger partial charge in [-0.1, -0.05) is 12.8 Å². The third-order valence-corrected chi connectivity index (χ3v) is 2.97. The molecule has 68 valence electrons. The highest BCUT2D eigenvalue weighted by Gasteiger charge is 2.26. The van der Waals surface area contributed by atoms with Gasteiger partial charge in [0.15, 0.2) is 0 Å². The molecule has 1 aliphatic carbocycles. The second-order valence-corrected chi connectivity index (χ2v) is 3.81. The summed E-state index contributed by atoms with van der Waals surface area (Å²) < 4.78 is 5.46. The van der Waals surface area contributed by atoms with Crippen LogP contribution >= 0.6 is 0 Å². The van der Waals surface area contributed by atoms with Crippen molar-refractivity contribution in [2.24, 2.45) is 11.7 Å². The summed E-state index contributed by atoms with van der Waals surface area (Å²) in [4.78, 5) is 0. The van der Waals surface area contributed by atoms with Crippen LogP contribution < -0.4 is 5.73 Å². The second-order valence-electron chi connectivity index (χ2n) is 3.81. The zero-order valence-corrected chi connectivity index (χ0v) is 7.46. The monoisotopic (exact) mass is 167 g/mol. The van der Waals surface area contributed by atoms with Gasteiger partial charge in [-0.25, -0.2) is 0 Å². The third-order valence-electron chi connectivity index (χ3n) is 2.97. The summed E-state index contributed by atoms with van der Waals surface area (Å²) in [6.07, 6.45) is 8.50. The van der Waals surface area contributed by atoms with Gasteiger partial charge >= 0.3 is 0 Å². The lowest BCUT2D eigenvalue weighted by Gasteiger charge is -2.19. The predicted molar refractivity (Wildman–Crippen MR) is 48.6 cm³/mol. The zero-order chi connectivity index (χ0) is 8.39. The summed E-state index contributed by atoms with van der Waals surface area (Å²) in [6.45, 7) is 0.843. The van der Waals surface area contributed by atoms with E-state index in [0.717, 1.165) is 18.8 Å². The second kappa shape index (κ2) is 3.48. The number of rotatable bonds is 2. The molecule has 2 N–H and O–H groups in total. The lowest BCUT2D eigenvalue weighted by atomic mass is 9.97. The van der Waals surface area contributed by atoms with Crippen molar-refractivity contribution >= 4 is 0 Å². The molecule has 2 aliphatic rings. The molecule has 0 radical (unpaired) electrons. The van der Waals surface area contributed by atoms with Gasteiger partial charge in [-0.05, 0) is 24.8 Å². The molecule has 0 saturated heterocycles. The van der Waals surface area contributed by atoms with Crippen molar-refractivity contribution in [3.63, 3.8) is 0 Å². The van der Waals surface area contributed by atoms with E-state index in [-0.39, 0.29) is 6.04 Å². The topological polar surface area (TPSA) is 35.2 Å². The van der Waals surface area contributed by atoms with Crippen molar-refractivity contribution in [3.8, 4) is 0 Å². The molecule has 0 aromatic heterocycles. The average Bonchev–Trinajstić information content (AvgIpc) is 2.77.